The number of carbonyl (C=O) groups excluding carboxylic acids is 1. The third kappa shape index (κ3) is 3.18. The number of nitrogens with zero attached hydrogens (tertiary/aromatic N) is 2. The van der Waals surface area contributed by atoms with E-state index in [1.807, 2.05) is 37.3 Å². The number of hydrogen-bond acceptors (Lipinski definition) is 3. The molecule has 1 aliphatic rings. The molecule has 1 atom stereocenters. The molecule has 0 aliphatic carbocycles. The smallest absolute Gasteiger partial charge is 0.326 e. The Hall–Kier alpha value is -3.15. The molecule has 6 heteroatoms. The molecular weight excluding hydrogens is 345 g/mol. The third-order valence-corrected chi connectivity index (χ3v) is 4.93. The molecule has 2 amide bonds. The molecule has 3 aromatic rings. The summed E-state index contributed by atoms with van der Waals surface area (Å²) in [6, 6.07) is 13.8. The number of aryl methyl sites for hydroxylation is 2. The van der Waals surface area contributed by atoms with Crippen LogP contribution in [-0.4, -0.2) is 17.2 Å². The minimum Gasteiger partial charge on any atom is -0.359 e. The van der Waals surface area contributed by atoms with Crippen LogP contribution in [0.15, 0.2) is 53.1 Å². The maximum Gasteiger partial charge on any atom is 0.326 e. The van der Waals surface area contributed by atoms with Gasteiger partial charge in [0.1, 0.15) is 17.2 Å². The first-order valence-electron chi connectivity index (χ1n) is 8.95. The molecule has 2 aromatic carbocycles. The lowest BCUT2D eigenvalue weighted by molar-refractivity contribution is 0.254. The van der Waals surface area contributed by atoms with Crippen LogP contribution >= 0.6 is 0 Å². The van der Waals surface area contributed by atoms with Crippen molar-refractivity contribution in [3.05, 3.63) is 65.7 Å². The van der Waals surface area contributed by atoms with E-state index in [2.05, 4.69) is 10.5 Å². The standard InChI is InChI=1S/C21H20FN3O2/c1-13-8-9-16-12-17(22)10-11-18(16)25(13)21(26)23-19-14(2)27-24-20(19)15-6-4-3-5-7-15/h3-7,10-13H,8-9H2,1-2H3,(H,23,26)/t13-/m1/s1. The Labute approximate surface area is 156 Å². The van der Waals surface area contributed by atoms with Crippen molar-refractivity contribution in [2.24, 2.45) is 0 Å². The second-order valence-corrected chi connectivity index (χ2v) is 6.79. The fourth-order valence-electron chi connectivity index (χ4n) is 3.51. The fraction of sp³-hybridized carbons (Fsp3) is 0.238. The normalized spacial score (nSPS) is 16.1. The van der Waals surface area contributed by atoms with Gasteiger partial charge in [-0.2, -0.15) is 0 Å². The number of hydrogen-bond donors (Lipinski definition) is 1. The highest BCUT2D eigenvalue weighted by Crippen LogP contribution is 2.34. The third-order valence-electron chi connectivity index (χ3n) is 4.93. The van der Waals surface area contributed by atoms with Gasteiger partial charge in [-0.25, -0.2) is 9.18 Å². The number of nitrogens with one attached hydrogen (secondary N) is 1. The zero-order valence-electron chi connectivity index (χ0n) is 15.2. The molecule has 1 N–H and O–H groups in total. The molecule has 0 unspecified atom stereocenters. The molecule has 0 spiro atoms. The largest absolute Gasteiger partial charge is 0.359 e. The average Bonchev–Trinajstić information content (AvgIpc) is 3.03. The van der Waals surface area contributed by atoms with Crippen molar-refractivity contribution in [3.63, 3.8) is 0 Å². The van der Waals surface area contributed by atoms with Crippen LogP contribution in [0.25, 0.3) is 11.3 Å². The quantitative estimate of drug-likeness (QED) is 0.682. The highest BCUT2D eigenvalue weighted by atomic mass is 19.1. The monoisotopic (exact) mass is 365 g/mol. The minimum absolute atomic E-state index is 0.00306. The van der Waals surface area contributed by atoms with Gasteiger partial charge >= 0.3 is 6.03 Å². The minimum atomic E-state index is -0.287. The molecule has 0 fully saturated rings. The number of benzene rings is 2. The van der Waals surface area contributed by atoms with Gasteiger partial charge in [0, 0.05) is 17.3 Å². The van der Waals surface area contributed by atoms with Crippen LogP contribution in [-0.2, 0) is 6.42 Å². The van der Waals surface area contributed by atoms with E-state index >= 15 is 0 Å². The Bertz CT molecular complexity index is 984. The molecule has 0 radical (unpaired) electrons. The van der Waals surface area contributed by atoms with Crippen molar-refractivity contribution < 1.29 is 13.7 Å². The number of aromatic nitrogens is 1. The SMILES string of the molecule is Cc1onc(-c2ccccc2)c1NC(=O)N1c2ccc(F)cc2CC[C@H]1C. The first-order chi connectivity index (χ1) is 13.0. The molecule has 0 saturated heterocycles. The summed E-state index contributed by atoms with van der Waals surface area (Å²) in [6.45, 7) is 3.75. The first kappa shape index (κ1) is 17.3. The van der Waals surface area contributed by atoms with Crippen molar-refractivity contribution in [1.82, 2.24) is 5.16 Å². The zero-order valence-corrected chi connectivity index (χ0v) is 15.2. The van der Waals surface area contributed by atoms with Gasteiger partial charge < -0.3 is 9.84 Å². The van der Waals surface area contributed by atoms with Gasteiger partial charge in [0.15, 0.2) is 5.76 Å². The van der Waals surface area contributed by atoms with Gasteiger partial charge in [0.05, 0.1) is 0 Å². The molecular formula is C21H20FN3O2. The number of urea groups is 1. The predicted molar refractivity (Wildman–Crippen MR) is 102 cm³/mol. The second kappa shape index (κ2) is 6.87. The first-order valence-corrected chi connectivity index (χ1v) is 8.95. The number of halogens is 1. The van der Waals surface area contributed by atoms with Gasteiger partial charge in [-0.15, -0.1) is 0 Å². The lowest BCUT2D eigenvalue weighted by Crippen LogP contribution is -2.44. The lowest BCUT2D eigenvalue weighted by Gasteiger charge is -2.35. The van der Waals surface area contributed by atoms with Gasteiger partial charge in [-0.1, -0.05) is 35.5 Å². The summed E-state index contributed by atoms with van der Waals surface area (Å²) in [5.74, 6) is 0.246. The predicted octanol–water partition coefficient (Wildman–Crippen LogP) is 5.16. The topological polar surface area (TPSA) is 58.4 Å². The van der Waals surface area contributed by atoms with Gasteiger partial charge in [0.25, 0.3) is 0 Å². The summed E-state index contributed by atoms with van der Waals surface area (Å²) in [4.78, 5) is 14.8. The molecule has 4 rings (SSSR count). The van der Waals surface area contributed by atoms with Crippen LogP contribution in [0.5, 0.6) is 0 Å². The maximum atomic E-state index is 13.6. The number of carbonyl (C=O) groups is 1. The number of anilines is 2. The summed E-state index contributed by atoms with van der Waals surface area (Å²) in [5.41, 5.74) is 3.58. The van der Waals surface area contributed by atoms with Crippen molar-refractivity contribution >= 4 is 17.4 Å². The summed E-state index contributed by atoms with van der Waals surface area (Å²) in [5, 5.41) is 7.05. The lowest BCUT2D eigenvalue weighted by atomic mass is 9.97. The van der Waals surface area contributed by atoms with Crippen LogP contribution in [0.1, 0.15) is 24.7 Å². The van der Waals surface area contributed by atoms with E-state index in [0.717, 1.165) is 29.7 Å². The average molecular weight is 365 g/mol. The fourth-order valence-corrected chi connectivity index (χ4v) is 3.51. The maximum absolute atomic E-state index is 13.6. The molecule has 138 valence electrons. The summed E-state index contributed by atoms with van der Waals surface area (Å²) in [6.07, 6.45) is 1.53. The van der Waals surface area contributed by atoms with E-state index in [9.17, 15) is 9.18 Å². The molecule has 0 bridgehead atoms. The van der Waals surface area contributed by atoms with Gasteiger partial charge in [0.2, 0.25) is 0 Å². The van der Waals surface area contributed by atoms with Gasteiger partial charge in [-0.3, -0.25) is 4.90 Å². The second-order valence-electron chi connectivity index (χ2n) is 6.79. The Balaban J connectivity index is 1.67. The van der Waals surface area contributed by atoms with Crippen LogP contribution in [0.4, 0.5) is 20.6 Å². The van der Waals surface area contributed by atoms with Crippen LogP contribution in [0.2, 0.25) is 0 Å². The molecule has 0 saturated carbocycles. The van der Waals surface area contributed by atoms with E-state index in [4.69, 9.17) is 4.52 Å². The van der Waals surface area contributed by atoms with Crippen molar-refractivity contribution in [3.8, 4) is 11.3 Å². The number of rotatable bonds is 2. The van der Waals surface area contributed by atoms with Crippen LogP contribution in [0, 0.1) is 12.7 Å². The summed E-state index contributed by atoms with van der Waals surface area (Å²) in [7, 11) is 0. The Morgan fingerprint density at radius 2 is 2.04 bits per heavy atom. The zero-order chi connectivity index (χ0) is 19.0. The molecule has 1 aliphatic heterocycles. The molecule has 1 aromatic heterocycles. The Morgan fingerprint density at radius 3 is 2.81 bits per heavy atom. The number of amides is 2. The molecule has 27 heavy (non-hydrogen) atoms. The van der Waals surface area contributed by atoms with Gasteiger partial charge in [-0.05, 0) is 50.5 Å². The van der Waals surface area contributed by atoms with E-state index < -0.39 is 0 Å². The highest BCUT2D eigenvalue weighted by molar-refractivity contribution is 6.05. The van der Waals surface area contributed by atoms with E-state index in [1.54, 1.807) is 17.9 Å². The van der Waals surface area contributed by atoms with Crippen molar-refractivity contribution in [2.75, 3.05) is 10.2 Å². The van der Waals surface area contributed by atoms with Crippen molar-refractivity contribution in [1.29, 1.82) is 0 Å². The van der Waals surface area contributed by atoms with Crippen LogP contribution in [0.3, 0.4) is 0 Å². The summed E-state index contributed by atoms with van der Waals surface area (Å²) >= 11 is 0. The van der Waals surface area contributed by atoms with E-state index in [1.165, 1.54) is 12.1 Å². The Morgan fingerprint density at radius 1 is 1.26 bits per heavy atom. The highest BCUT2D eigenvalue weighted by Gasteiger charge is 2.30. The molecule has 2 heterocycles. The summed E-state index contributed by atoms with van der Waals surface area (Å²) < 4.78 is 18.9. The van der Waals surface area contributed by atoms with E-state index in [0.29, 0.717) is 17.1 Å². The molecule has 5 nitrogen and oxygen atoms in total. The number of fused-ring (bicyclic) bond motifs is 1. The van der Waals surface area contributed by atoms with E-state index in [-0.39, 0.29) is 17.9 Å². The van der Waals surface area contributed by atoms with Crippen molar-refractivity contribution in [2.45, 2.75) is 32.7 Å². The Kier molecular flexibility index (Phi) is 4.39. The van der Waals surface area contributed by atoms with Crippen LogP contribution < -0.4 is 10.2 Å².